The van der Waals surface area contributed by atoms with Gasteiger partial charge in [0.15, 0.2) is 0 Å². The summed E-state index contributed by atoms with van der Waals surface area (Å²) in [7, 11) is 1.68. The van der Waals surface area contributed by atoms with E-state index in [0.29, 0.717) is 29.4 Å². The third kappa shape index (κ3) is 4.45. The maximum absolute atomic E-state index is 12.2. The molecule has 3 heterocycles. The van der Waals surface area contributed by atoms with Crippen molar-refractivity contribution < 1.29 is 18.3 Å². The van der Waals surface area contributed by atoms with Crippen LogP contribution in [0.3, 0.4) is 0 Å². The molecule has 156 valence electrons. The average molecular weight is 414 g/mol. The van der Waals surface area contributed by atoms with Gasteiger partial charge in [0, 0.05) is 43.0 Å². The van der Waals surface area contributed by atoms with Crippen LogP contribution in [0.25, 0.3) is 11.1 Å². The highest BCUT2D eigenvalue weighted by molar-refractivity contribution is 5.67. The molecule has 0 N–H and O–H groups in total. The zero-order chi connectivity index (χ0) is 21.3. The van der Waals surface area contributed by atoms with Crippen LogP contribution in [0.2, 0.25) is 0 Å². The molecule has 30 heavy (non-hydrogen) atoms. The summed E-state index contributed by atoms with van der Waals surface area (Å²) < 4.78 is 36.3. The van der Waals surface area contributed by atoms with Crippen LogP contribution in [0.5, 0.6) is 11.6 Å². The van der Waals surface area contributed by atoms with Gasteiger partial charge in [-0.1, -0.05) is 0 Å². The lowest BCUT2D eigenvalue weighted by Crippen LogP contribution is -2.14. The van der Waals surface area contributed by atoms with E-state index in [1.807, 2.05) is 6.07 Å². The van der Waals surface area contributed by atoms with Gasteiger partial charge in [-0.2, -0.15) is 13.8 Å². The summed E-state index contributed by atoms with van der Waals surface area (Å²) in [6.45, 7) is -0.668. The first-order valence-electron chi connectivity index (χ1n) is 9.45. The highest BCUT2D eigenvalue weighted by Gasteiger charge is 2.40. The van der Waals surface area contributed by atoms with Crippen LogP contribution in [0.4, 0.5) is 8.78 Å². The number of aromatic nitrogens is 4. The highest BCUT2D eigenvalue weighted by Crippen LogP contribution is 2.47. The first kappa shape index (κ1) is 19.9. The van der Waals surface area contributed by atoms with Gasteiger partial charge in [0.1, 0.15) is 11.6 Å². The van der Waals surface area contributed by atoms with Crippen molar-refractivity contribution in [1.82, 2.24) is 19.5 Å². The summed E-state index contributed by atoms with van der Waals surface area (Å²) in [4.78, 5) is 24.8. The molecule has 1 saturated carbocycles. The van der Waals surface area contributed by atoms with Crippen LogP contribution in [0, 0.1) is 12.8 Å². The molecule has 0 aromatic carbocycles. The molecule has 0 unspecified atom stereocenters. The fraction of sp³-hybridized carbons (Fsp3) is 0.333. The summed E-state index contributed by atoms with van der Waals surface area (Å²) in [6, 6.07) is 6.53. The highest BCUT2D eigenvalue weighted by atomic mass is 19.3. The molecular weight excluding hydrogens is 394 g/mol. The molecule has 1 fully saturated rings. The molecule has 9 heteroatoms. The smallest absolute Gasteiger partial charge is 0.387 e. The Labute approximate surface area is 171 Å². The Morgan fingerprint density at radius 3 is 2.77 bits per heavy atom. The first-order chi connectivity index (χ1) is 14.4. The summed E-state index contributed by atoms with van der Waals surface area (Å²) in [6.07, 6.45) is 5.53. The van der Waals surface area contributed by atoms with Crippen molar-refractivity contribution in [2.75, 3.05) is 6.61 Å². The summed E-state index contributed by atoms with van der Waals surface area (Å²) in [5.74, 6) is 1.47. The predicted octanol–water partition coefficient (Wildman–Crippen LogP) is 3.33. The molecule has 0 amide bonds. The Bertz CT molecular complexity index is 1100. The minimum Gasteiger partial charge on any atom is -0.477 e. The average Bonchev–Trinajstić information content (AvgIpc) is 3.48. The Morgan fingerprint density at radius 1 is 1.23 bits per heavy atom. The first-order valence-corrected chi connectivity index (χ1v) is 9.45. The van der Waals surface area contributed by atoms with E-state index in [0.717, 1.165) is 12.1 Å². The molecule has 0 saturated heterocycles. The van der Waals surface area contributed by atoms with Gasteiger partial charge in [-0.15, -0.1) is 0 Å². The number of hydrogen-bond acceptors (Lipinski definition) is 6. The van der Waals surface area contributed by atoms with Gasteiger partial charge < -0.3 is 14.0 Å². The molecule has 0 radical (unpaired) electrons. The van der Waals surface area contributed by atoms with Crippen LogP contribution in [-0.2, 0) is 7.05 Å². The minimum atomic E-state index is -2.87. The quantitative estimate of drug-likeness (QED) is 0.590. The number of pyridine rings is 2. The van der Waals surface area contributed by atoms with Gasteiger partial charge in [0.05, 0.1) is 18.4 Å². The number of aryl methyl sites for hydroxylation is 2. The van der Waals surface area contributed by atoms with Crippen molar-refractivity contribution in [2.45, 2.75) is 25.9 Å². The topological polar surface area (TPSA) is 79.1 Å². The Hall–Kier alpha value is -3.36. The van der Waals surface area contributed by atoms with E-state index in [-0.39, 0.29) is 23.1 Å². The summed E-state index contributed by atoms with van der Waals surface area (Å²) in [5, 5.41) is 0. The molecule has 0 spiro atoms. The summed E-state index contributed by atoms with van der Waals surface area (Å²) in [5.41, 5.74) is 2.03. The van der Waals surface area contributed by atoms with Gasteiger partial charge in [0.2, 0.25) is 5.88 Å². The normalized spacial score (nSPS) is 17.8. The second kappa shape index (κ2) is 8.17. The fourth-order valence-electron chi connectivity index (χ4n) is 3.24. The lowest BCUT2D eigenvalue weighted by molar-refractivity contribution is -0.0500. The maximum atomic E-state index is 12.2. The Kier molecular flexibility index (Phi) is 5.43. The third-order valence-electron chi connectivity index (χ3n) is 5.01. The Morgan fingerprint density at radius 2 is 2.07 bits per heavy atom. The molecule has 2 atom stereocenters. The van der Waals surface area contributed by atoms with Crippen LogP contribution >= 0.6 is 0 Å². The third-order valence-corrected chi connectivity index (χ3v) is 5.01. The molecule has 7 nitrogen and oxygen atoms in total. The monoisotopic (exact) mass is 414 g/mol. The van der Waals surface area contributed by atoms with Crippen molar-refractivity contribution in [3.05, 3.63) is 64.7 Å². The second-order valence-electron chi connectivity index (χ2n) is 7.21. The molecule has 0 aliphatic heterocycles. The lowest BCUT2D eigenvalue weighted by Gasteiger charge is -2.11. The Balaban J connectivity index is 1.44. The van der Waals surface area contributed by atoms with Crippen molar-refractivity contribution in [3.8, 4) is 22.8 Å². The second-order valence-corrected chi connectivity index (χ2v) is 7.21. The van der Waals surface area contributed by atoms with Gasteiger partial charge >= 0.3 is 6.61 Å². The SMILES string of the molecule is Cc1ncc(-c2ccn(C)c(=O)c2)c(OC[C@@H]2C[C@H]2c2ccc(OC(F)F)cn2)n1. The van der Waals surface area contributed by atoms with Crippen molar-refractivity contribution in [1.29, 1.82) is 0 Å². The number of halogens is 2. The van der Waals surface area contributed by atoms with E-state index in [2.05, 4.69) is 19.7 Å². The largest absolute Gasteiger partial charge is 0.477 e. The lowest BCUT2D eigenvalue weighted by atomic mass is 10.1. The van der Waals surface area contributed by atoms with Crippen molar-refractivity contribution >= 4 is 0 Å². The van der Waals surface area contributed by atoms with E-state index in [1.54, 1.807) is 32.4 Å². The number of hydrogen-bond donors (Lipinski definition) is 0. The van der Waals surface area contributed by atoms with E-state index in [4.69, 9.17) is 4.74 Å². The number of rotatable bonds is 7. The zero-order valence-corrected chi connectivity index (χ0v) is 16.5. The van der Waals surface area contributed by atoms with Crippen LogP contribution in [0.1, 0.15) is 23.9 Å². The molecular formula is C21H20F2N4O3. The number of ether oxygens (including phenoxy) is 2. The molecule has 4 rings (SSSR count). The fourth-order valence-corrected chi connectivity index (χ4v) is 3.24. The standard InChI is InChI=1S/C21H20F2N4O3/c1-12-24-10-17(13-5-6-27(2)19(28)8-13)20(26-12)29-11-14-7-16(14)18-4-3-15(9-25-18)30-21(22)23/h3-6,8-10,14,16,21H,7,11H2,1-2H3/t14-,16+/m0/s1. The molecule has 1 aliphatic rings. The summed E-state index contributed by atoms with van der Waals surface area (Å²) >= 11 is 0. The van der Waals surface area contributed by atoms with Crippen LogP contribution in [0.15, 0.2) is 47.7 Å². The van der Waals surface area contributed by atoms with E-state index >= 15 is 0 Å². The molecule has 0 bridgehead atoms. The number of nitrogens with zero attached hydrogens (tertiary/aromatic N) is 4. The van der Waals surface area contributed by atoms with Crippen LogP contribution < -0.4 is 15.0 Å². The van der Waals surface area contributed by atoms with E-state index in [1.165, 1.54) is 22.9 Å². The number of alkyl halides is 2. The van der Waals surface area contributed by atoms with Gasteiger partial charge in [-0.05, 0) is 37.1 Å². The van der Waals surface area contributed by atoms with Crippen molar-refractivity contribution in [2.24, 2.45) is 13.0 Å². The molecule has 3 aromatic heterocycles. The van der Waals surface area contributed by atoms with Crippen LogP contribution in [-0.4, -0.2) is 32.7 Å². The van der Waals surface area contributed by atoms with E-state index < -0.39 is 6.61 Å². The van der Waals surface area contributed by atoms with Gasteiger partial charge in [0.25, 0.3) is 5.56 Å². The molecule has 3 aromatic rings. The van der Waals surface area contributed by atoms with Gasteiger partial charge in [-0.25, -0.2) is 4.98 Å². The zero-order valence-electron chi connectivity index (χ0n) is 16.5. The minimum absolute atomic E-state index is 0.0392. The molecule has 1 aliphatic carbocycles. The predicted molar refractivity (Wildman–Crippen MR) is 105 cm³/mol. The maximum Gasteiger partial charge on any atom is 0.387 e. The van der Waals surface area contributed by atoms with Gasteiger partial charge in [-0.3, -0.25) is 9.78 Å². The van der Waals surface area contributed by atoms with Crippen molar-refractivity contribution in [3.63, 3.8) is 0 Å². The van der Waals surface area contributed by atoms with E-state index in [9.17, 15) is 13.6 Å².